The number of hydrogen-bond acceptors (Lipinski definition) is 5. The van der Waals surface area contributed by atoms with Crippen LogP contribution in [0.15, 0.2) is 24.8 Å². The Hall–Kier alpha value is -2.31. The third-order valence-corrected chi connectivity index (χ3v) is 1.48. The van der Waals surface area contributed by atoms with E-state index < -0.39 is 5.97 Å². The molecule has 2 aromatic rings. The van der Waals surface area contributed by atoms with Crippen molar-refractivity contribution in [2.24, 2.45) is 0 Å². The van der Waals surface area contributed by atoms with E-state index >= 15 is 0 Å². The van der Waals surface area contributed by atoms with Gasteiger partial charge in [0.1, 0.15) is 6.33 Å². The van der Waals surface area contributed by atoms with Gasteiger partial charge in [-0.25, -0.2) is 19.7 Å². The number of hydrogen-bond donors (Lipinski definition) is 1. The first-order valence-electron chi connectivity index (χ1n) is 3.70. The highest BCUT2D eigenvalue weighted by molar-refractivity contribution is 5.83. The molecule has 7 nitrogen and oxygen atoms in total. The van der Waals surface area contributed by atoms with E-state index in [1.807, 2.05) is 0 Å². The fourth-order valence-electron chi connectivity index (χ4n) is 0.934. The van der Waals surface area contributed by atoms with Crippen LogP contribution in [0.25, 0.3) is 5.95 Å². The van der Waals surface area contributed by atoms with Gasteiger partial charge >= 0.3 is 5.97 Å². The molecule has 0 amide bonds. The standard InChI is InChI=1S/C7H5N5O2/c13-6(14)5-10-4-11-12(5)7-8-2-1-3-9-7/h1-4H,(H,13,14). The second-order valence-electron chi connectivity index (χ2n) is 2.35. The SMILES string of the molecule is O=C(O)c1ncnn1-c1ncccn1. The quantitative estimate of drug-likeness (QED) is 0.703. The third kappa shape index (κ3) is 1.30. The molecule has 1 N–H and O–H groups in total. The van der Waals surface area contributed by atoms with Crippen LogP contribution in [0.5, 0.6) is 0 Å². The highest BCUT2D eigenvalue weighted by Gasteiger charge is 2.14. The van der Waals surface area contributed by atoms with E-state index in [9.17, 15) is 4.79 Å². The molecule has 0 aliphatic heterocycles. The Bertz CT molecular complexity index is 452. The van der Waals surface area contributed by atoms with Gasteiger partial charge in [0.15, 0.2) is 0 Å². The lowest BCUT2D eigenvalue weighted by Gasteiger charge is -1.98. The van der Waals surface area contributed by atoms with Crippen LogP contribution in [0.1, 0.15) is 10.6 Å². The van der Waals surface area contributed by atoms with E-state index in [1.54, 1.807) is 6.07 Å². The van der Waals surface area contributed by atoms with Gasteiger partial charge in [-0.15, -0.1) is 0 Å². The summed E-state index contributed by atoms with van der Waals surface area (Å²) in [7, 11) is 0. The van der Waals surface area contributed by atoms with Gasteiger partial charge in [-0.05, 0) is 6.07 Å². The Balaban J connectivity index is 2.52. The molecular formula is C7H5N5O2. The van der Waals surface area contributed by atoms with Crippen molar-refractivity contribution < 1.29 is 9.90 Å². The van der Waals surface area contributed by atoms with E-state index in [4.69, 9.17) is 5.11 Å². The maximum absolute atomic E-state index is 10.7. The summed E-state index contributed by atoms with van der Waals surface area (Å²) in [6, 6.07) is 1.63. The van der Waals surface area contributed by atoms with Crippen molar-refractivity contribution in [2.75, 3.05) is 0 Å². The first-order valence-corrected chi connectivity index (χ1v) is 3.70. The molecule has 0 atom stereocenters. The molecule has 2 rings (SSSR count). The smallest absolute Gasteiger partial charge is 0.374 e. The summed E-state index contributed by atoms with van der Waals surface area (Å²) >= 11 is 0. The fourth-order valence-corrected chi connectivity index (χ4v) is 0.934. The normalized spacial score (nSPS) is 10.0. The van der Waals surface area contributed by atoms with Crippen LogP contribution in [-0.4, -0.2) is 35.8 Å². The minimum absolute atomic E-state index is 0.183. The van der Waals surface area contributed by atoms with Gasteiger partial charge in [0.2, 0.25) is 5.82 Å². The van der Waals surface area contributed by atoms with Crippen molar-refractivity contribution in [3.05, 3.63) is 30.6 Å². The summed E-state index contributed by atoms with van der Waals surface area (Å²) in [6.07, 6.45) is 4.13. The van der Waals surface area contributed by atoms with E-state index in [0.29, 0.717) is 0 Å². The van der Waals surface area contributed by atoms with Gasteiger partial charge < -0.3 is 5.11 Å². The molecule has 0 bridgehead atoms. The summed E-state index contributed by atoms with van der Waals surface area (Å²) in [4.78, 5) is 21.9. The van der Waals surface area contributed by atoms with Gasteiger partial charge in [-0.3, -0.25) is 0 Å². The Morgan fingerprint density at radius 1 is 1.29 bits per heavy atom. The highest BCUT2D eigenvalue weighted by Crippen LogP contribution is 2.00. The van der Waals surface area contributed by atoms with Crippen LogP contribution in [0.4, 0.5) is 0 Å². The van der Waals surface area contributed by atoms with Gasteiger partial charge in [-0.2, -0.15) is 9.78 Å². The number of carbonyl (C=O) groups is 1. The van der Waals surface area contributed by atoms with Crippen molar-refractivity contribution in [1.82, 2.24) is 24.7 Å². The molecule has 0 aromatic carbocycles. The molecule has 0 saturated heterocycles. The summed E-state index contributed by atoms with van der Waals surface area (Å²) in [6.45, 7) is 0. The highest BCUT2D eigenvalue weighted by atomic mass is 16.4. The monoisotopic (exact) mass is 191 g/mol. The Morgan fingerprint density at radius 2 is 2.00 bits per heavy atom. The van der Waals surface area contributed by atoms with Crippen molar-refractivity contribution in [1.29, 1.82) is 0 Å². The third-order valence-electron chi connectivity index (χ3n) is 1.48. The Labute approximate surface area is 78.1 Å². The maximum atomic E-state index is 10.7. The average molecular weight is 191 g/mol. The summed E-state index contributed by atoms with van der Waals surface area (Å²) in [5, 5.41) is 12.4. The second-order valence-corrected chi connectivity index (χ2v) is 2.35. The molecule has 14 heavy (non-hydrogen) atoms. The van der Waals surface area contributed by atoms with Gasteiger partial charge in [0.25, 0.3) is 5.95 Å². The Kier molecular flexibility index (Phi) is 1.90. The summed E-state index contributed by atoms with van der Waals surface area (Å²) in [5.74, 6) is -1.20. The van der Waals surface area contributed by atoms with Crippen molar-refractivity contribution in [2.45, 2.75) is 0 Å². The summed E-state index contributed by atoms with van der Waals surface area (Å²) in [5.41, 5.74) is 0. The second kappa shape index (κ2) is 3.21. The van der Waals surface area contributed by atoms with Gasteiger partial charge in [-0.1, -0.05) is 0 Å². The lowest BCUT2D eigenvalue weighted by molar-refractivity contribution is 0.0680. The number of nitrogens with zero attached hydrogens (tertiary/aromatic N) is 5. The van der Waals surface area contributed by atoms with Gasteiger partial charge in [0, 0.05) is 12.4 Å². The number of carboxylic acids is 1. The molecule has 0 spiro atoms. The zero-order chi connectivity index (χ0) is 9.97. The van der Waals surface area contributed by atoms with Gasteiger partial charge in [0.05, 0.1) is 0 Å². The molecule has 0 radical (unpaired) electrons. The number of rotatable bonds is 2. The predicted molar refractivity (Wildman–Crippen MR) is 43.9 cm³/mol. The molecule has 0 saturated carbocycles. The first kappa shape index (κ1) is 8.30. The van der Waals surface area contributed by atoms with E-state index in [-0.39, 0.29) is 11.8 Å². The van der Waals surface area contributed by atoms with Crippen LogP contribution in [-0.2, 0) is 0 Å². The molecule has 70 valence electrons. The van der Waals surface area contributed by atoms with Crippen molar-refractivity contribution in [3.8, 4) is 5.95 Å². The molecule has 2 heterocycles. The topological polar surface area (TPSA) is 93.8 Å². The Morgan fingerprint density at radius 3 is 2.64 bits per heavy atom. The first-order chi connectivity index (χ1) is 6.79. The predicted octanol–water partition coefficient (Wildman–Crippen LogP) is -0.245. The molecule has 0 unspecified atom stereocenters. The lowest BCUT2D eigenvalue weighted by atomic mass is 10.6. The molecule has 0 fully saturated rings. The molecule has 7 heteroatoms. The van der Waals surface area contributed by atoms with Crippen molar-refractivity contribution >= 4 is 5.97 Å². The number of carboxylic acid groups (broad SMARTS) is 1. The minimum atomic E-state index is -1.17. The molecular weight excluding hydrogens is 186 g/mol. The zero-order valence-electron chi connectivity index (χ0n) is 6.90. The van der Waals surface area contributed by atoms with Crippen LogP contribution in [0.2, 0.25) is 0 Å². The largest absolute Gasteiger partial charge is 0.475 e. The van der Waals surface area contributed by atoms with E-state index in [2.05, 4.69) is 20.1 Å². The maximum Gasteiger partial charge on any atom is 0.374 e. The van der Waals surface area contributed by atoms with Crippen LogP contribution >= 0.6 is 0 Å². The van der Waals surface area contributed by atoms with E-state index in [1.165, 1.54) is 12.4 Å². The average Bonchev–Trinajstić information content (AvgIpc) is 2.67. The van der Waals surface area contributed by atoms with Crippen molar-refractivity contribution in [3.63, 3.8) is 0 Å². The number of aromatic carboxylic acids is 1. The lowest BCUT2D eigenvalue weighted by Crippen LogP contribution is -2.11. The molecule has 2 aromatic heterocycles. The van der Waals surface area contributed by atoms with E-state index in [0.717, 1.165) is 11.0 Å². The minimum Gasteiger partial charge on any atom is -0.475 e. The van der Waals surface area contributed by atoms with Crippen LogP contribution < -0.4 is 0 Å². The molecule has 0 aliphatic carbocycles. The fraction of sp³-hybridized carbons (Fsp3) is 0. The number of aromatic nitrogens is 5. The van der Waals surface area contributed by atoms with Crippen LogP contribution in [0, 0.1) is 0 Å². The summed E-state index contributed by atoms with van der Waals surface area (Å²) < 4.78 is 1.06. The zero-order valence-corrected chi connectivity index (χ0v) is 6.90. The molecule has 0 aliphatic rings. The van der Waals surface area contributed by atoms with Crippen LogP contribution in [0.3, 0.4) is 0 Å².